The molecule has 4 heteroatoms. The molecule has 1 heterocycles. The fourth-order valence-electron chi connectivity index (χ4n) is 2.05. The first-order chi connectivity index (χ1) is 7.35. The van der Waals surface area contributed by atoms with Gasteiger partial charge in [0.15, 0.2) is 0 Å². The number of rotatable bonds is 4. The number of carboxylic acid groups (broad SMARTS) is 1. The molecule has 0 aromatic heterocycles. The largest absolute Gasteiger partial charge is 0.481 e. The van der Waals surface area contributed by atoms with E-state index in [1.54, 1.807) is 0 Å². The van der Waals surface area contributed by atoms with Gasteiger partial charge in [0.05, 0.1) is 23.9 Å². The van der Waals surface area contributed by atoms with Crippen LogP contribution in [0.25, 0.3) is 0 Å². The maximum absolute atomic E-state index is 10.5. The molecule has 4 nitrogen and oxygen atoms in total. The van der Waals surface area contributed by atoms with E-state index in [-0.39, 0.29) is 30.3 Å². The summed E-state index contributed by atoms with van der Waals surface area (Å²) in [6.07, 6.45) is 1.70. The Labute approximate surface area is 96.9 Å². The Morgan fingerprint density at radius 2 is 1.94 bits per heavy atom. The zero-order valence-corrected chi connectivity index (χ0v) is 10.5. The Bertz CT molecular complexity index is 253. The third-order valence-electron chi connectivity index (χ3n) is 3.46. The average Bonchev–Trinajstić information content (AvgIpc) is 2.14. The first kappa shape index (κ1) is 13.5. The molecule has 0 spiro atoms. The van der Waals surface area contributed by atoms with Crippen LogP contribution < -0.4 is 0 Å². The molecule has 94 valence electrons. The summed E-state index contributed by atoms with van der Waals surface area (Å²) in [6, 6.07) is 0. The van der Waals surface area contributed by atoms with E-state index in [4.69, 9.17) is 14.6 Å². The molecular weight excluding hydrogens is 208 g/mol. The predicted molar refractivity (Wildman–Crippen MR) is 60.4 cm³/mol. The van der Waals surface area contributed by atoms with E-state index in [2.05, 4.69) is 0 Å². The molecular formula is C12H22O4. The lowest BCUT2D eigenvalue weighted by Gasteiger charge is -2.45. The fraction of sp³-hybridized carbons (Fsp3) is 0.917. The normalized spacial score (nSPS) is 39.6. The Morgan fingerprint density at radius 1 is 1.31 bits per heavy atom. The minimum absolute atomic E-state index is 0.00694. The van der Waals surface area contributed by atoms with Crippen LogP contribution in [0, 0.1) is 0 Å². The van der Waals surface area contributed by atoms with E-state index in [9.17, 15) is 4.79 Å². The Kier molecular flexibility index (Phi) is 4.33. The molecule has 4 unspecified atom stereocenters. The molecule has 0 amide bonds. The lowest BCUT2D eigenvalue weighted by atomic mass is 9.91. The molecule has 4 atom stereocenters. The summed E-state index contributed by atoms with van der Waals surface area (Å²) in [7, 11) is 0. The van der Waals surface area contributed by atoms with Gasteiger partial charge in [-0.15, -0.1) is 0 Å². The predicted octanol–water partition coefficient (Wildman–Crippen LogP) is 2.21. The van der Waals surface area contributed by atoms with Crippen LogP contribution >= 0.6 is 0 Å². The van der Waals surface area contributed by atoms with Crippen molar-refractivity contribution in [3.05, 3.63) is 0 Å². The molecule has 16 heavy (non-hydrogen) atoms. The van der Waals surface area contributed by atoms with Crippen molar-refractivity contribution in [2.45, 2.75) is 70.9 Å². The van der Waals surface area contributed by atoms with E-state index in [0.29, 0.717) is 6.42 Å². The molecule has 1 fully saturated rings. The minimum atomic E-state index is -0.755. The van der Waals surface area contributed by atoms with Crippen molar-refractivity contribution in [1.29, 1.82) is 0 Å². The molecule has 1 aliphatic heterocycles. The lowest BCUT2D eigenvalue weighted by molar-refractivity contribution is -0.252. The van der Waals surface area contributed by atoms with Crippen molar-refractivity contribution < 1.29 is 19.4 Å². The van der Waals surface area contributed by atoms with Crippen molar-refractivity contribution in [1.82, 2.24) is 0 Å². The van der Waals surface area contributed by atoms with Crippen LogP contribution in [0.5, 0.6) is 0 Å². The van der Waals surface area contributed by atoms with E-state index in [0.717, 1.165) is 6.42 Å². The van der Waals surface area contributed by atoms with Gasteiger partial charge in [-0.05, 0) is 40.5 Å². The zero-order valence-electron chi connectivity index (χ0n) is 10.5. The number of ether oxygens (including phenoxy) is 2. The SMILES string of the molecule is CC1OC(C)C(C)(CCCC(=O)O)OC1C. The summed E-state index contributed by atoms with van der Waals surface area (Å²) in [4.78, 5) is 10.5. The number of hydrogen-bond acceptors (Lipinski definition) is 3. The highest BCUT2D eigenvalue weighted by molar-refractivity contribution is 5.66. The van der Waals surface area contributed by atoms with Gasteiger partial charge in [0, 0.05) is 6.42 Å². The molecule has 0 aliphatic carbocycles. The maximum atomic E-state index is 10.5. The third kappa shape index (κ3) is 3.19. The van der Waals surface area contributed by atoms with Crippen LogP contribution in [0.3, 0.4) is 0 Å². The fourth-order valence-corrected chi connectivity index (χ4v) is 2.05. The summed E-state index contributed by atoms with van der Waals surface area (Å²) < 4.78 is 11.8. The van der Waals surface area contributed by atoms with Gasteiger partial charge in [0.2, 0.25) is 0 Å². The van der Waals surface area contributed by atoms with Crippen LogP contribution in [-0.2, 0) is 14.3 Å². The van der Waals surface area contributed by atoms with Gasteiger partial charge >= 0.3 is 5.97 Å². The van der Waals surface area contributed by atoms with Crippen LogP contribution in [0.1, 0.15) is 47.0 Å². The van der Waals surface area contributed by atoms with Crippen LogP contribution in [-0.4, -0.2) is 35.0 Å². The minimum Gasteiger partial charge on any atom is -0.481 e. The highest BCUT2D eigenvalue weighted by Gasteiger charge is 2.41. The van der Waals surface area contributed by atoms with Crippen molar-refractivity contribution >= 4 is 5.97 Å². The number of carbonyl (C=O) groups is 1. The lowest BCUT2D eigenvalue weighted by Crippen LogP contribution is -2.53. The third-order valence-corrected chi connectivity index (χ3v) is 3.46. The van der Waals surface area contributed by atoms with Gasteiger partial charge in [0.25, 0.3) is 0 Å². The Balaban J connectivity index is 2.51. The van der Waals surface area contributed by atoms with Gasteiger partial charge in [-0.1, -0.05) is 0 Å². The van der Waals surface area contributed by atoms with Crippen molar-refractivity contribution in [3.8, 4) is 0 Å². The Morgan fingerprint density at radius 3 is 2.50 bits per heavy atom. The van der Waals surface area contributed by atoms with Crippen LogP contribution in [0.4, 0.5) is 0 Å². The van der Waals surface area contributed by atoms with Gasteiger partial charge in [-0.3, -0.25) is 4.79 Å². The van der Waals surface area contributed by atoms with Crippen LogP contribution in [0.15, 0.2) is 0 Å². The second-order valence-electron chi connectivity index (χ2n) is 4.87. The second-order valence-corrected chi connectivity index (χ2v) is 4.87. The van der Waals surface area contributed by atoms with Crippen molar-refractivity contribution in [3.63, 3.8) is 0 Å². The van der Waals surface area contributed by atoms with Gasteiger partial charge in [-0.2, -0.15) is 0 Å². The Hall–Kier alpha value is -0.610. The molecule has 0 saturated carbocycles. The van der Waals surface area contributed by atoms with Gasteiger partial charge in [-0.25, -0.2) is 0 Å². The maximum Gasteiger partial charge on any atom is 0.303 e. The van der Waals surface area contributed by atoms with Gasteiger partial charge in [0.1, 0.15) is 0 Å². The zero-order chi connectivity index (χ0) is 12.3. The molecule has 1 aliphatic rings. The van der Waals surface area contributed by atoms with Crippen molar-refractivity contribution in [2.75, 3.05) is 0 Å². The molecule has 0 aromatic rings. The molecule has 0 aromatic carbocycles. The summed E-state index contributed by atoms with van der Waals surface area (Å²) in [5, 5.41) is 8.61. The highest BCUT2D eigenvalue weighted by atomic mass is 16.6. The number of hydrogen-bond donors (Lipinski definition) is 1. The monoisotopic (exact) mass is 230 g/mol. The summed E-state index contributed by atoms with van der Waals surface area (Å²) in [5.41, 5.74) is -0.360. The first-order valence-electron chi connectivity index (χ1n) is 5.90. The van der Waals surface area contributed by atoms with Gasteiger partial charge < -0.3 is 14.6 Å². The van der Waals surface area contributed by atoms with E-state index >= 15 is 0 Å². The first-order valence-corrected chi connectivity index (χ1v) is 5.90. The molecule has 1 N–H and O–H groups in total. The molecule has 0 bridgehead atoms. The van der Waals surface area contributed by atoms with E-state index < -0.39 is 5.97 Å². The smallest absolute Gasteiger partial charge is 0.303 e. The quantitative estimate of drug-likeness (QED) is 0.804. The number of carboxylic acids is 1. The summed E-state index contributed by atoms with van der Waals surface area (Å²) in [5.74, 6) is -0.755. The van der Waals surface area contributed by atoms with E-state index in [1.165, 1.54) is 0 Å². The highest BCUT2D eigenvalue weighted by Crippen LogP contribution is 2.33. The molecule has 1 rings (SSSR count). The van der Waals surface area contributed by atoms with Crippen molar-refractivity contribution in [2.24, 2.45) is 0 Å². The number of aliphatic carboxylic acids is 1. The second kappa shape index (κ2) is 5.15. The summed E-state index contributed by atoms with van der Waals surface area (Å²) >= 11 is 0. The summed E-state index contributed by atoms with van der Waals surface area (Å²) in [6.45, 7) is 7.98. The van der Waals surface area contributed by atoms with E-state index in [1.807, 2.05) is 27.7 Å². The molecule has 1 saturated heterocycles. The average molecular weight is 230 g/mol. The van der Waals surface area contributed by atoms with Crippen LogP contribution in [0.2, 0.25) is 0 Å². The standard InChI is InChI=1S/C12H22O4/c1-8-9(2)16-12(4,10(3)15-8)7-5-6-11(13)14/h8-10H,5-7H2,1-4H3,(H,13,14). The topological polar surface area (TPSA) is 55.8 Å². The molecule has 0 radical (unpaired) electrons.